The van der Waals surface area contributed by atoms with Crippen LogP contribution in [0, 0.1) is 20.8 Å². The fourth-order valence-electron chi connectivity index (χ4n) is 4.48. The number of benzene rings is 3. The van der Waals surface area contributed by atoms with Gasteiger partial charge in [-0.2, -0.15) is 0 Å². The van der Waals surface area contributed by atoms with Crippen molar-refractivity contribution in [2.45, 2.75) is 27.3 Å². The molecule has 5 heteroatoms. The Morgan fingerprint density at radius 1 is 0.750 bits per heavy atom. The lowest BCUT2D eigenvalue weighted by Crippen LogP contribution is -2.39. The Hall–Kier alpha value is -3.86. The first-order chi connectivity index (χ1) is 15.3. The molecule has 0 aliphatic heterocycles. The second kappa shape index (κ2) is 7.38. The minimum absolute atomic E-state index is 0.299. The molecule has 0 aliphatic carbocycles. The summed E-state index contributed by atoms with van der Waals surface area (Å²) in [5.74, 6) is 0. The number of nitrogens with zero attached hydrogens (tertiary/aromatic N) is 3. The smallest absolute Gasteiger partial charge is 0.336 e. The molecule has 32 heavy (non-hydrogen) atoms. The highest BCUT2D eigenvalue weighted by Crippen LogP contribution is 2.27. The monoisotopic (exact) mass is 423 g/mol. The lowest BCUT2D eigenvalue weighted by atomic mass is 10.1. The summed E-state index contributed by atoms with van der Waals surface area (Å²) >= 11 is 0. The van der Waals surface area contributed by atoms with Crippen molar-refractivity contribution in [1.82, 2.24) is 13.7 Å². The molecule has 0 radical (unpaired) electrons. The number of aryl methyl sites for hydroxylation is 4. The Labute approximate surface area is 185 Å². The molecule has 0 aliphatic rings. The molecule has 5 nitrogen and oxygen atoms in total. The molecule has 0 N–H and O–H groups in total. The Morgan fingerprint density at radius 2 is 1.44 bits per heavy atom. The summed E-state index contributed by atoms with van der Waals surface area (Å²) in [5.41, 5.74) is 6.35. The molecule has 0 saturated heterocycles. The van der Waals surface area contributed by atoms with Gasteiger partial charge in [0.2, 0.25) is 0 Å². The lowest BCUT2D eigenvalue weighted by molar-refractivity contribution is 0.712. The fraction of sp³-hybridized carbons (Fsp3) is 0.185. The van der Waals surface area contributed by atoms with Gasteiger partial charge >= 0.3 is 5.69 Å². The highest BCUT2D eigenvalue weighted by Gasteiger charge is 2.21. The predicted molar refractivity (Wildman–Crippen MR) is 130 cm³/mol. The van der Waals surface area contributed by atoms with Crippen LogP contribution >= 0.6 is 0 Å². The average Bonchev–Trinajstić information content (AvgIpc) is 3.04. The van der Waals surface area contributed by atoms with E-state index in [9.17, 15) is 9.59 Å². The Bertz CT molecular complexity index is 1620. The van der Waals surface area contributed by atoms with Gasteiger partial charge in [0.05, 0.1) is 23.3 Å². The molecule has 160 valence electrons. The van der Waals surface area contributed by atoms with Gasteiger partial charge in [-0.25, -0.2) is 9.36 Å². The number of hydrogen-bond acceptors (Lipinski definition) is 2. The second-order valence-corrected chi connectivity index (χ2v) is 8.61. The van der Waals surface area contributed by atoms with E-state index in [1.807, 2.05) is 93.0 Å². The summed E-state index contributed by atoms with van der Waals surface area (Å²) in [7, 11) is 1.89. The van der Waals surface area contributed by atoms with Gasteiger partial charge in [-0.05, 0) is 56.2 Å². The van der Waals surface area contributed by atoms with Crippen LogP contribution in [0.4, 0.5) is 0 Å². The van der Waals surface area contributed by atoms with Crippen LogP contribution in [0.3, 0.4) is 0 Å². The first-order valence-corrected chi connectivity index (χ1v) is 10.7. The predicted octanol–water partition coefficient (Wildman–Crippen LogP) is 4.62. The largest absolute Gasteiger partial charge is 0.338 e. The summed E-state index contributed by atoms with van der Waals surface area (Å²) in [4.78, 5) is 27.6. The van der Waals surface area contributed by atoms with E-state index in [0.29, 0.717) is 23.3 Å². The molecule has 0 saturated carbocycles. The molecular weight excluding hydrogens is 398 g/mol. The number of aromatic nitrogens is 3. The molecule has 0 atom stereocenters. The van der Waals surface area contributed by atoms with E-state index in [2.05, 4.69) is 6.07 Å². The third-order valence-corrected chi connectivity index (χ3v) is 6.15. The molecule has 5 rings (SSSR count). The Morgan fingerprint density at radius 3 is 2.16 bits per heavy atom. The van der Waals surface area contributed by atoms with Crippen molar-refractivity contribution in [3.63, 3.8) is 0 Å². The van der Waals surface area contributed by atoms with Crippen molar-refractivity contribution in [2.24, 2.45) is 7.05 Å². The van der Waals surface area contributed by atoms with E-state index in [1.54, 1.807) is 4.57 Å². The van der Waals surface area contributed by atoms with Gasteiger partial charge in [0.25, 0.3) is 5.56 Å². The van der Waals surface area contributed by atoms with Crippen molar-refractivity contribution in [3.05, 3.63) is 110 Å². The normalized spacial score (nSPS) is 11.5. The Balaban J connectivity index is 1.94. The van der Waals surface area contributed by atoms with Crippen molar-refractivity contribution in [2.75, 3.05) is 0 Å². The summed E-state index contributed by atoms with van der Waals surface area (Å²) in [6, 6.07) is 21.8. The molecule has 0 bridgehead atoms. The quantitative estimate of drug-likeness (QED) is 0.425. The van der Waals surface area contributed by atoms with E-state index < -0.39 is 0 Å². The van der Waals surface area contributed by atoms with Crippen LogP contribution in [0.25, 0.3) is 27.6 Å². The van der Waals surface area contributed by atoms with Gasteiger partial charge in [0.15, 0.2) is 0 Å². The van der Waals surface area contributed by atoms with Crippen molar-refractivity contribution in [1.29, 1.82) is 0 Å². The molecule has 0 fully saturated rings. The van der Waals surface area contributed by atoms with E-state index in [-0.39, 0.29) is 11.2 Å². The van der Waals surface area contributed by atoms with Gasteiger partial charge in [-0.3, -0.25) is 9.36 Å². The summed E-state index contributed by atoms with van der Waals surface area (Å²) in [6.07, 6.45) is 0. The zero-order valence-corrected chi connectivity index (χ0v) is 18.7. The SMILES string of the molecule is Cc1ccc(Cn2c(=O)n(-c3cccc(C)c3)c(=O)c3c2c2cc(C)ccc2n3C)cc1. The second-order valence-electron chi connectivity index (χ2n) is 8.61. The van der Waals surface area contributed by atoms with Gasteiger partial charge < -0.3 is 4.57 Å². The van der Waals surface area contributed by atoms with Gasteiger partial charge in [-0.1, -0.05) is 53.6 Å². The minimum atomic E-state index is -0.331. The molecule has 0 unspecified atom stereocenters. The zero-order chi connectivity index (χ0) is 22.6. The molecular formula is C27H25N3O2. The highest BCUT2D eigenvalue weighted by molar-refractivity contribution is 6.06. The third-order valence-electron chi connectivity index (χ3n) is 6.15. The topological polar surface area (TPSA) is 48.9 Å². The van der Waals surface area contributed by atoms with E-state index in [1.165, 1.54) is 4.57 Å². The van der Waals surface area contributed by atoms with Crippen LogP contribution in [-0.2, 0) is 13.6 Å². The summed E-state index contributed by atoms with van der Waals surface area (Å²) in [6.45, 7) is 6.40. The molecule has 0 amide bonds. The molecule has 5 aromatic rings. The van der Waals surface area contributed by atoms with Gasteiger partial charge in [-0.15, -0.1) is 0 Å². The van der Waals surface area contributed by atoms with Crippen molar-refractivity contribution >= 4 is 21.9 Å². The zero-order valence-electron chi connectivity index (χ0n) is 18.7. The first-order valence-electron chi connectivity index (χ1n) is 10.7. The standard InChI is InChI=1S/C27H25N3O2/c1-17-8-11-20(12-9-17)16-29-24-22-15-19(3)10-13-23(22)28(4)25(24)26(31)30(27(29)32)21-7-5-6-18(2)14-21/h5-15H,16H2,1-4H3. The highest BCUT2D eigenvalue weighted by atomic mass is 16.2. The minimum Gasteiger partial charge on any atom is -0.338 e. The van der Waals surface area contributed by atoms with E-state index in [4.69, 9.17) is 0 Å². The van der Waals surface area contributed by atoms with Crippen LogP contribution in [0.2, 0.25) is 0 Å². The average molecular weight is 424 g/mol. The van der Waals surface area contributed by atoms with Crippen LogP contribution in [0.1, 0.15) is 22.3 Å². The summed E-state index contributed by atoms with van der Waals surface area (Å²) in [5, 5.41) is 0.917. The summed E-state index contributed by atoms with van der Waals surface area (Å²) < 4.78 is 4.95. The maximum absolute atomic E-state index is 13.8. The van der Waals surface area contributed by atoms with Crippen LogP contribution in [0.15, 0.2) is 76.3 Å². The maximum Gasteiger partial charge on any atom is 0.336 e. The van der Waals surface area contributed by atoms with Crippen LogP contribution < -0.4 is 11.2 Å². The van der Waals surface area contributed by atoms with Gasteiger partial charge in [0.1, 0.15) is 5.52 Å². The van der Waals surface area contributed by atoms with Crippen molar-refractivity contribution in [3.8, 4) is 5.69 Å². The molecule has 0 spiro atoms. The number of fused-ring (bicyclic) bond motifs is 3. The number of hydrogen-bond donors (Lipinski definition) is 0. The van der Waals surface area contributed by atoms with E-state index in [0.717, 1.165) is 33.2 Å². The Kier molecular flexibility index (Phi) is 4.63. The molecule has 2 aromatic heterocycles. The maximum atomic E-state index is 13.8. The van der Waals surface area contributed by atoms with E-state index >= 15 is 0 Å². The fourth-order valence-corrected chi connectivity index (χ4v) is 4.48. The lowest BCUT2D eigenvalue weighted by Gasteiger charge is -2.14. The van der Waals surface area contributed by atoms with Crippen LogP contribution in [-0.4, -0.2) is 13.7 Å². The third kappa shape index (κ3) is 3.09. The molecule has 2 heterocycles. The first kappa shape index (κ1) is 20.1. The van der Waals surface area contributed by atoms with Crippen molar-refractivity contribution < 1.29 is 0 Å². The number of rotatable bonds is 3. The van der Waals surface area contributed by atoms with Crippen LogP contribution in [0.5, 0.6) is 0 Å². The molecule has 3 aromatic carbocycles. The van der Waals surface area contributed by atoms with Gasteiger partial charge in [0, 0.05) is 12.4 Å².